The molecular formula is C12H20O10S3. The Morgan fingerprint density at radius 2 is 1.44 bits per heavy atom. The Balaban J connectivity index is 5.23. The van der Waals surface area contributed by atoms with E-state index >= 15 is 0 Å². The van der Waals surface area contributed by atoms with Crippen LogP contribution in [0.5, 0.6) is 0 Å². The summed E-state index contributed by atoms with van der Waals surface area (Å²) in [5, 5.41) is 1.69. The van der Waals surface area contributed by atoms with Gasteiger partial charge in [0.15, 0.2) is 0 Å². The van der Waals surface area contributed by atoms with Gasteiger partial charge < -0.3 is 13.7 Å². The van der Waals surface area contributed by atoms with Crippen molar-refractivity contribution >= 4 is 47.4 Å². The zero-order valence-electron chi connectivity index (χ0n) is 13.7. The van der Waals surface area contributed by atoms with E-state index in [2.05, 4.69) is 4.18 Å². The fourth-order valence-electron chi connectivity index (χ4n) is 1.77. The highest BCUT2D eigenvalue weighted by Gasteiger charge is 2.36. The highest BCUT2D eigenvalue weighted by atomic mass is 32.2. The maximum atomic E-state index is 11.9. The van der Waals surface area contributed by atoms with Crippen molar-refractivity contribution in [1.29, 1.82) is 0 Å². The molecule has 0 aliphatic heterocycles. The molecule has 0 amide bonds. The molecule has 25 heavy (non-hydrogen) atoms. The van der Waals surface area contributed by atoms with Crippen molar-refractivity contribution in [3.05, 3.63) is 0 Å². The summed E-state index contributed by atoms with van der Waals surface area (Å²) in [4.78, 5) is 10.9. The van der Waals surface area contributed by atoms with Crippen molar-refractivity contribution in [2.75, 3.05) is 32.2 Å². The van der Waals surface area contributed by atoms with Crippen LogP contribution in [-0.2, 0) is 49.2 Å². The monoisotopic (exact) mass is 420 g/mol. The first-order valence-corrected chi connectivity index (χ1v) is 10.8. The topological polar surface area (TPSA) is 147 Å². The second kappa shape index (κ2) is 11.4. The number of rotatable bonds is 12. The minimum Gasteiger partial charge on any atom is -0.376 e. The molecule has 0 saturated heterocycles. The van der Waals surface area contributed by atoms with Crippen LogP contribution in [0.3, 0.4) is 0 Å². The fraction of sp³-hybridized carbons (Fsp3) is 0.750. The fourth-order valence-corrected chi connectivity index (χ4v) is 3.72. The maximum absolute atomic E-state index is 11.9. The molecule has 0 bridgehead atoms. The van der Waals surface area contributed by atoms with Gasteiger partial charge in [-0.2, -0.15) is 25.3 Å². The molecule has 13 heteroatoms. The molecule has 0 spiro atoms. The average Bonchev–Trinajstić information content (AvgIpc) is 2.45. The molecule has 10 nitrogen and oxygen atoms in total. The van der Waals surface area contributed by atoms with Gasteiger partial charge in [0.2, 0.25) is 20.6 Å². The Morgan fingerprint density at radius 3 is 1.76 bits per heavy atom. The standard InChI is InChI=1S/C12H20O10S3/c1-3-12(8-20-4-6-23(14)15,9-21-5-7-24(16)17)10-25(18,19)22-11(2)13/h6-7H,3-5,8-10H2,1-2H3. The third-order valence-corrected chi connectivity index (χ3v) is 5.21. The number of ether oxygens (including phenoxy) is 2. The molecule has 0 heterocycles. The molecule has 0 aliphatic carbocycles. The summed E-state index contributed by atoms with van der Waals surface area (Å²) >= 11 is 0. The number of hydrogen-bond donors (Lipinski definition) is 0. The van der Waals surface area contributed by atoms with Gasteiger partial charge in [0, 0.05) is 12.3 Å². The molecule has 0 radical (unpaired) electrons. The van der Waals surface area contributed by atoms with E-state index in [1.165, 1.54) is 0 Å². The van der Waals surface area contributed by atoms with E-state index in [1.54, 1.807) is 6.92 Å². The van der Waals surface area contributed by atoms with Crippen LogP contribution in [0.2, 0.25) is 0 Å². The molecule has 0 atom stereocenters. The Bertz CT molecular complexity index is 747. The van der Waals surface area contributed by atoms with Gasteiger partial charge in [0.1, 0.15) is 0 Å². The predicted molar refractivity (Wildman–Crippen MR) is 89.9 cm³/mol. The normalized spacial score (nSPS) is 11.6. The highest BCUT2D eigenvalue weighted by Crippen LogP contribution is 2.26. The molecule has 0 rings (SSSR count). The minimum absolute atomic E-state index is 0.210. The van der Waals surface area contributed by atoms with Crippen molar-refractivity contribution in [1.82, 2.24) is 0 Å². The first-order valence-electron chi connectivity index (χ1n) is 6.93. The third kappa shape index (κ3) is 11.8. The van der Waals surface area contributed by atoms with E-state index in [0.29, 0.717) is 0 Å². The van der Waals surface area contributed by atoms with Gasteiger partial charge in [-0.25, -0.2) is 0 Å². The second-order valence-corrected chi connectivity index (χ2v) is 8.29. The van der Waals surface area contributed by atoms with Gasteiger partial charge in [-0.3, -0.25) is 4.79 Å². The highest BCUT2D eigenvalue weighted by molar-refractivity contribution is 7.87. The molecule has 0 aromatic heterocycles. The lowest BCUT2D eigenvalue weighted by Gasteiger charge is -2.31. The average molecular weight is 420 g/mol. The van der Waals surface area contributed by atoms with Crippen LogP contribution in [-0.4, -0.2) is 74.1 Å². The molecule has 0 aromatic carbocycles. The van der Waals surface area contributed by atoms with Crippen LogP contribution in [0.4, 0.5) is 0 Å². The maximum Gasteiger partial charge on any atom is 0.319 e. The zero-order chi connectivity index (χ0) is 19.5. The summed E-state index contributed by atoms with van der Waals surface area (Å²) < 4.78 is 80.3. The van der Waals surface area contributed by atoms with Crippen molar-refractivity contribution in [2.45, 2.75) is 20.3 Å². The van der Waals surface area contributed by atoms with E-state index in [4.69, 9.17) is 9.47 Å². The van der Waals surface area contributed by atoms with Crippen LogP contribution in [0.15, 0.2) is 0 Å². The van der Waals surface area contributed by atoms with Gasteiger partial charge in [-0.05, 0) is 6.42 Å². The first-order chi connectivity index (χ1) is 11.5. The van der Waals surface area contributed by atoms with E-state index in [-0.39, 0.29) is 32.8 Å². The van der Waals surface area contributed by atoms with E-state index in [1.807, 2.05) is 0 Å². The summed E-state index contributed by atoms with van der Waals surface area (Å²) in [6.45, 7) is 1.61. The molecule has 0 saturated carbocycles. The van der Waals surface area contributed by atoms with E-state index in [9.17, 15) is 30.0 Å². The lowest BCUT2D eigenvalue weighted by atomic mass is 9.89. The summed E-state index contributed by atoms with van der Waals surface area (Å²) in [6.07, 6.45) is 0.217. The molecule has 0 aliphatic rings. The zero-order valence-corrected chi connectivity index (χ0v) is 16.2. The van der Waals surface area contributed by atoms with E-state index < -0.39 is 47.8 Å². The quantitative estimate of drug-likeness (QED) is 0.211. The number of carbonyl (C=O) groups is 1. The number of hydrogen-bond acceptors (Lipinski definition) is 10. The molecular weight excluding hydrogens is 400 g/mol. The summed E-state index contributed by atoms with van der Waals surface area (Å²) in [5.74, 6) is -1.63. The van der Waals surface area contributed by atoms with Gasteiger partial charge in [0.25, 0.3) is 0 Å². The van der Waals surface area contributed by atoms with Gasteiger partial charge in [0.05, 0.1) is 42.9 Å². The summed E-state index contributed by atoms with van der Waals surface area (Å²) in [5.41, 5.74) is -1.16. The van der Waals surface area contributed by atoms with Crippen molar-refractivity contribution in [3.8, 4) is 0 Å². The Morgan fingerprint density at radius 1 is 1.00 bits per heavy atom. The summed E-state index contributed by atoms with van der Waals surface area (Å²) in [7, 11) is -9.09. The first kappa shape index (κ1) is 23.7. The predicted octanol–water partition coefficient (Wildman–Crippen LogP) is -1.33. The van der Waals surface area contributed by atoms with Crippen LogP contribution >= 0.6 is 0 Å². The largest absolute Gasteiger partial charge is 0.376 e. The van der Waals surface area contributed by atoms with Crippen LogP contribution in [0.1, 0.15) is 20.3 Å². The third-order valence-electron chi connectivity index (χ3n) is 2.94. The summed E-state index contributed by atoms with van der Waals surface area (Å²) in [6, 6.07) is 0. The van der Waals surface area contributed by atoms with Gasteiger partial charge >= 0.3 is 16.1 Å². The Kier molecular flexibility index (Phi) is 10.8. The molecule has 0 N–H and O–H groups in total. The molecule has 0 fully saturated rings. The van der Waals surface area contributed by atoms with Crippen molar-refractivity contribution in [3.63, 3.8) is 0 Å². The lowest BCUT2D eigenvalue weighted by molar-refractivity contribution is -0.131. The molecule has 146 valence electrons. The molecule has 0 aromatic rings. The Labute approximate surface area is 149 Å². The van der Waals surface area contributed by atoms with Gasteiger partial charge in [-0.1, -0.05) is 6.92 Å². The lowest BCUT2D eigenvalue weighted by Crippen LogP contribution is -2.40. The van der Waals surface area contributed by atoms with Crippen LogP contribution in [0.25, 0.3) is 0 Å². The number of carbonyl (C=O) groups excluding carboxylic acids is 1. The van der Waals surface area contributed by atoms with Crippen molar-refractivity contribution in [2.24, 2.45) is 5.41 Å². The second-order valence-electron chi connectivity index (χ2n) is 5.02. The smallest absolute Gasteiger partial charge is 0.319 e. The Hall–Kier alpha value is -1.28. The SMILES string of the molecule is CCC(COCC=S(=O)=O)(COCC=S(=O)=O)CS(=O)(=O)OC(C)=O. The van der Waals surface area contributed by atoms with Crippen molar-refractivity contribution < 1.29 is 43.7 Å². The van der Waals surface area contributed by atoms with Crippen LogP contribution in [0, 0.1) is 5.41 Å². The molecule has 0 unspecified atom stereocenters. The minimum atomic E-state index is -4.23. The van der Waals surface area contributed by atoms with Crippen LogP contribution < -0.4 is 0 Å². The van der Waals surface area contributed by atoms with E-state index in [0.717, 1.165) is 17.7 Å². The van der Waals surface area contributed by atoms with Gasteiger partial charge in [-0.15, -0.1) is 0 Å².